The Morgan fingerprint density at radius 2 is 2.25 bits per heavy atom. The van der Waals surface area contributed by atoms with Gasteiger partial charge in [0.1, 0.15) is 6.04 Å². The fraction of sp³-hybridized carbons (Fsp3) is 0.833. The lowest BCUT2D eigenvalue weighted by molar-refractivity contribution is -0.151. The fourth-order valence-electron chi connectivity index (χ4n) is 2.36. The number of hydrogen-bond acceptors (Lipinski definition) is 3. The molecule has 92 valence electrons. The first-order valence-corrected chi connectivity index (χ1v) is 6.01. The summed E-state index contributed by atoms with van der Waals surface area (Å²) in [6, 6.07) is -0.389. The molecule has 0 unspecified atom stereocenters. The van der Waals surface area contributed by atoms with E-state index in [1.54, 1.807) is 4.90 Å². The number of rotatable bonds is 5. The minimum Gasteiger partial charge on any atom is -0.467 e. The van der Waals surface area contributed by atoms with Gasteiger partial charge in [0.15, 0.2) is 0 Å². The highest BCUT2D eigenvalue weighted by atomic mass is 16.5. The SMILES string of the molecule is CCC[C@H]1CC(=O)N([C@H](CC)C(=O)OC)C1. The average molecular weight is 227 g/mol. The van der Waals surface area contributed by atoms with E-state index in [9.17, 15) is 9.59 Å². The van der Waals surface area contributed by atoms with Gasteiger partial charge >= 0.3 is 5.97 Å². The maximum absolute atomic E-state index is 11.8. The van der Waals surface area contributed by atoms with Gasteiger partial charge in [0.25, 0.3) is 0 Å². The number of carbonyl (C=O) groups is 2. The quantitative estimate of drug-likeness (QED) is 0.670. The molecule has 0 bridgehead atoms. The van der Waals surface area contributed by atoms with Crippen LogP contribution in [0.4, 0.5) is 0 Å². The van der Waals surface area contributed by atoms with Gasteiger partial charge in [-0.15, -0.1) is 0 Å². The second-order valence-corrected chi connectivity index (χ2v) is 4.35. The molecule has 0 aromatic carbocycles. The molecule has 1 saturated heterocycles. The Bertz CT molecular complexity index is 265. The summed E-state index contributed by atoms with van der Waals surface area (Å²) in [6.45, 7) is 4.73. The van der Waals surface area contributed by atoms with Gasteiger partial charge in [-0.05, 0) is 18.8 Å². The number of methoxy groups -OCH3 is 1. The predicted octanol–water partition coefficient (Wildman–Crippen LogP) is 1.59. The van der Waals surface area contributed by atoms with Crippen LogP contribution in [0.3, 0.4) is 0 Å². The molecule has 1 aliphatic rings. The molecule has 2 atom stereocenters. The standard InChI is InChI=1S/C12H21NO3/c1-4-6-9-7-11(14)13(8-9)10(5-2)12(15)16-3/h9-10H,4-8H2,1-3H3/t9-,10+/m0/s1. The predicted molar refractivity (Wildman–Crippen MR) is 60.8 cm³/mol. The van der Waals surface area contributed by atoms with E-state index in [1.807, 2.05) is 6.92 Å². The second-order valence-electron chi connectivity index (χ2n) is 4.35. The number of carbonyl (C=O) groups excluding carboxylic acids is 2. The van der Waals surface area contributed by atoms with E-state index in [4.69, 9.17) is 4.74 Å². The largest absolute Gasteiger partial charge is 0.467 e. The van der Waals surface area contributed by atoms with Crippen LogP contribution in [0.15, 0.2) is 0 Å². The molecule has 0 spiro atoms. The van der Waals surface area contributed by atoms with Crippen molar-refractivity contribution in [1.29, 1.82) is 0 Å². The highest BCUT2D eigenvalue weighted by Crippen LogP contribution is 2.25. The molecular weight excluding hydrogens is 206 g/mol. The van der Waals surface area contributed by atoms with Crippen LogP contribution in [-0.4, -0.2) is 36.5 Å². The van der Waals surface area contributed by atoms with Crippen molar-refractivity contribution < 1.29 is 14.3 Å². The maximum Gasteiger partial charge on any atom is 0.328 e. The molecule has 0 aliphatic carbocycles. The van der Waals surface area contributed by atoms with Crippen molar-refractivity contribution in [2.45, 2.75) is 45.6 Å². The Kier molecular flexibility index (Phi) is 4.77. The van der Waals surface area contributed by atoms with Gasteiger partial charge < -0.3 is 9.64 Å². The third-order valence-electron chi connectivity index (χ3n) is 3.17. The number of likely N-dealkylation sites (tertiary alicyclic amines) is 1. The van der Waals surface area contributed by atoms with Crippen LogP contribution in [-0.2, 0) is 14.3 Å². The Hall–Kier alpha value is -1.06. The monoisotopic (exact) mass is 227 g/mol. The third kappa shape index (κ3) is 2.74. The number of nitrogens with zero attached hydrogens (tertiary/aromatic N) is 1. The number of ether oxygens (including phenoxy) is 1. The molecule has 0 radical (unpaired) electrons. The van der Waals surface area contributed by atoms with Crippen molar-refractivity contribution in [3.63, 3.8) is 0 Å². The van der Waals surface area contributed by atoms with Crippen molar-refractivity contribution >= 4 is 11.9 Å². The van der Waals surface area contributed by atoms with Crippen LogP contribution in [0, 0.1) is 5.92 Å². The van der Waals surface area contributed by atoms with E-state index in [0.717, 1.165) is 12.8 Å². The molecule has 1 fully saturated rings. The fourth-order valence-corrected chi connectivity index (χ4v) is 2.36. The van der Waals surface area contributed by atoms with Gasteiger partial charge in [0.05, 0.1) is 7.11 Å². The van der Waals surface area contributed by atoms with Crippen molar-refractivity contribution in [2.75, 3.05) is 13.7 Å². The van der Waals surface area contributed by atoms with E-state index in [2.05, 4.69) is 6.92 Å². The number of esters is 1. The molecule has 4 heteroatoms. The van der Waals surface area contributed by atoms with Crippen LogP contribution < -0.4 is 0 Å². The van der Waals surface area contributed by atoms with Gasteiger partial charge in [0.2, 0.25) is 5.91 Å². The molecule has 1 heterocycles. The lowest BCUT2D eigenvalue weighted by Gasteiger charge is -2.24. The molecular formula is C12H21NO3. The van der Waals surface area contributed by atoms with Crippen LogP contribution in [0.25, 0.3) is 0 Å². The normalized spacial score (nSPS) is 22.3. The minimum atomic E-state index is -0.389. The van der Waals surface area contributed by atoms with E-state index in [0.29, 0.717) is 25.3 Å². The first-order valence-electron chi connectivity index (χ1n) is 6.01. The van der Waals surface area contributed by atoms with Crippen molar-refractivity contribution in [3.05, 3.63) is 0 Å². The van der Waals surface area contributed by atoms with E-state index < -0.39 is 0 Å². The summed E-state index contributed by atoms with van der Waals surface area (Å²) in [5.41, 5.74) is 0. The summed E-state index contributed by atoms with van der Waals surface area (Å²) in [5, 5.41) is 0. The van der Waals surface area contributed by atoms with Gasteiger partial charge in [-0.2, -0.15) is 0 Å². The highest BCUT2D eigenvalue weighted by molar-refractivity contribution is 5.86. The molecule has 0 aromatic rings. The summed E-state index contributed by atoms with van der Waals surface area (Å²) in [7, 11) is 1.37. The summed E-state index contributed by atoms with van der Waals surface area (Å²) in [6.07, 6.45) is 3.35. The first kappa shape index (κ1) is 13.0. The van der Waals surface area contributed by atoms with Crippen molar-refractivity contribution in [3.8, 4) is 0 Å². The number of amides is 1. The van der Waals surface area contributed by atoms with E-state index in [1.165, 1.54) is 7.11 Å². The molecule has 0 N–H and O–H groups in total. The Labute approximate surface area is 96.9 Å². The Balaban J connectivity index is 2.65. The second kappa shape index (κ2) is 5.87. The lowest BCUT2D eigenvalue weighted by Crippen LogP contribution is -2.42. The first-order chi connectivity index (χ1) is 7.63. The molecule has 0 aromatic heterocycles. The van der Waals surface area contributed by atoms with Gasteiger partial charge in [-0.1, -0.05) is 20.3 Å². The Morgan fingerprint density at radius 3 is 2.75 bits per heavy atom. The summed E-state index contributed by atoms with van der Waals surface area (Å²) in [5.74, 6) is 0.208. The molecule has 0 saturated carbocycles. The highest BCUT2D eigenvalue weighted by Gasteiger charge is 2.36. The zero-order chi connectivity index (χ0) is 12.1. The van der Waals surface area contributed by atoms with Gasteiger partial charge in [0, 0.05) is 13.0 Å². The molecule has 4 nitrogen and oxygen atoms in total. The van der Waals surface area contributed by atoms with E-state index in [-0.39, 0.29) is 17.9 Å². The minimum absolute atomic E-state index is 0.0932. The Morgan fingerprint density at radius 1 is 1.56 bits per heavy atom. The zero-order valence-electron chi connectivity index (χ0n) is 10.4. The van der Waals surface area contributed by atoms with Gasteiger partial charge in [-0.3, -0.25) is 4.79 Å². The summed E-state index contributed by atoms with van der Waals surface area (Å²) in [4.78, 5) is 25.0. The zero-order valence-corrected chi connectivity index (χ0v) is 10.4. The lowest BCUT2D eigenvalue weighted by atomic mass is 10.0. The molecule has 1 aliphatic heterocycles. The average Bonchev–Trinajstić information content (AvgIpc) is 2.61. The topological polar surface area (TPSA) is 46.6 Å². The van der Waals surface area contributed by atoms with Crippen molar-refractivity contribution in [2.24, 2.45) is 5.92 Å². The van der Waals surface area contributed by atoms with Crippen molar-refractivity contribution in [1.82, 2.24) is 4.90 Å². The van der Waals surface area contributed by atoms with Crippen LogP contribution >= 0.6 is 0 Å². The molecule has 1 amide bonds. The molecule has 16 heavy (non-hydrogen) atoms. The van der Waals surface area contributed by atoms with Gasteiger partial charge in [-0.25, -0.2) is 4.79 Å². The van der Waals surface area contributed by atoms with Crippen LogP contribution in [0.5, 0.6) is 0 Å². The smallest absolute Gasteiger partial charge is 0.328 e. The summed E-state index contributed by atoms with van der Waals surface area (Å²) < 4.78 is 4.73. The molecule has 1 rings (SSSR count). The third-order valence-corrected chi connectivity index (χ3v) is 3.17. The number of hydrogen-bond donors (Lipinski definition) is 0. The van der Waals surface area contributed by atoms with E-state index >= 15 is 0 Å². The summed E-state index contributed by atoms with van der Waals surface area (Å²) >= 11 is 0. The van der Waals surface area contributed by atoms with Crippen LogP contribution in [0.1, 0.15) is 39.5 Å². The van der Waals surface area contributed by atoms with Crippen LogP contribution in [0.2, 0.25) is 0 Å². The maximum atomic E-state index is 11.8.